The van der Waals surface area contributed by atoms with Crippen LogP contribution in [0.2, 0.25) is 0 Å². The minimum atomic E-state index is -1.08. The second-order valence-electron chi connectivity index (χ2n) is 4.68. The third-order valence-corrected chi connectivity index (χ3v) is 2.89. The van der Waals surface area contributed by atoms with E-state index in [1.807, 2.05) is 44.2 Å². The maximum Gasteiger partial charge on any atom is 0.340 e. The predicted octanol–water partition coefficient (Wildman–Crippen LogP) is 2.40. The van der Waals surface area contributed by atoms with E-state index in [1.54, 1.807) is 11.9 Å². The second kappa shape index (κ2) is 9.00. The van der Waals surface area contributed by atoms with Crippen LogP contribution in [0.3, 0.4) is 0 Å². The smallest absolute Gasteiger partial charge is 0.340 e. The first-order valence-corrected chi connectivity index (χ1v) is 7.23. The molecule has 0 amide bonds. The Kier molecular flexibility index (Phi) is 7.29. The number of hydrogen-bond acceptors (Lipinski definition) is 5. The largest absolute Gasteiger partial charge is 0.464 e. The molecule has 1 rings (SSSR count). The van der Waals surface area contributed by atoms with Gasteiger partial charge in [0.05, 0.1) is 13.2 Å². The van der Waals surface area contributed by atoms with E-state index in [2.05, 4.69) is 0 Å². The molecule has 116 valence electrons. The molecule has 0 spiro atoms. The molecule has 21 heavy (non-hydrogen) atoms. The molecular formula is C16H23NO4. The lowest BCUT2D eigenvalue weighted by atomic mass is 10.2. The van der Waals surface area contributed by atoms with Crippen LogP contribution < -0.4 is 4.90 Å². The van der Waals surface area contributed by atoms with Gasteiger partial charge in [0.25, 0.3) is 0 Å². The standard InChI is InChI=1S/C16H23NO4/c1-4-11-20-15(18)14(16(19)21-12-5-2)17(3)13-9-7-6-8-10-13/h6-10,14H,4-5,11-12H2,1-3H3. The first kappa shape index (κ1) is 17.0. The van der Waals surface area contributed by atoms with Crippen molar-refractivity contribution in [1.82, 2.24) is 0 Å². The fourth-order valence-corrected chi connectivity index (χ4v) is 1.79. The summed E-state index contributed by atoms with van der Waals surface area (Å²) in [5.41, 5.74) is 0.754. The monoisotopic (exact) mass is 293 g/mol. The van der Waals surface area contributed by atoms with E-state index >= 15 is 0 Å². The molecule has 0 bridgehead atoms. The Morgan fingerprint density at radius 2 is 1.48 bits per heavy atom. The molecule has 0 saturated carbocycles. The molecule has 0 aliphatic rings. The van der Waals surface area contributed by atoms with E-state index in [0.717, 1.165) is 5.69 Å². The third kappa shape index (κ3) is 5.10. The van der Waals surface area contributed by atoms with Crippen LogP contribution >= 0.6 is 0 Å². The number of ether oxygens (including phenoxy) is 2. The molecule has 0 saturated heterocycles. The molecule has 5 nitrogen and oxygen atoms in total. The van der Waals surface area contributed by atoms with Crippen molar-refractivity contribution in [3.63, 3.8) is 0 Å². The molecule has 5 heteroatoms. The number of anilines is 1. The topological polar surface area (TPSA) is 55.8 Å². The van der Waals surface area contributed by atoms with Crippen molar-refractivity contribution in [2.75, 3.05) is 25.2 Å². The highest BCUT2D eigenvalue weighted by Gasteiger charge is 2.34. The summed E-state index contributed by atoms with van der Waals surface area (Å²) in [5, 5.41) is 0. The average Bonchev–Trinajstić information content (AvgIpc) is 2.51. The molecule has 1 aromatic carbocycles. The van der Waals surface area contributed by atoms with Crippen molar-refractivity contribution in [1.29, 1.82) is 0 Å². The Balaban J connectivity index is 2.89. The number of benzene rings is 1. The summed E-state index contributed by atoms with van der Waals surface area (Å²) in [4.78, 5) is 25.9. The highest BCUT2D eigenvalue weighted by atomic mass is 16.6. The molecule has 0 N–H and O–H groups in total. The Morgan fingerprint density at radius 1 is 1.00 bits per heavy atom. The molecular weight excluding hydrogens is 270 g/mol. The molecule has 1 aromatic rings. The SMILES string of the molecule is CCCOC(=O)C(C(=O)OCCC)N(C)c1ccccc1. The number of rotatable bonds is 8. The highest BCUT2D eigenvalue weighted by Crippen LogP contribution is 2.16. The van der Waals surface area contributed by atoms with E-state index in [-0.39, 0.29) is 0 Å². The van der Waals surface area contributed by atoms with Crippen molar-refractivity contribution in [2.45, 2.75) is 32.7 Å². The number of esters is 2. The van der Waals surface area contributed by atoms with Gasteiger partial charge in [0.15, 0.2) is 0 Å². The fraction of sp³-hybridized carbons (Fsp3) is 0.500. The van der Waals surface area contributed by atoms with Crippen molar-refractivity contribution in [2.24, 2.45) is 0 Å². The predicted molar refractivity (Wildman–Crippen MR) is 81.1 cm³/mol. The Labute approximate surface area is 125 Å². The van der Waals surface area contributed by atoms with Gasteiger partial charge in [-0.15, -0.1) is 0 Å². The van der Waals surface area contributed by atoms with Crippen LogP contribution in [0.5, 0.6) is 0 Å². The third-order valence-electron chi connectivity index (χ3n) is 2.89. The van der Waals surface area contributed by atoms with Gasteiger partial charge in [0.2, 0.25) is 6.04 Å². The maximum absolute atomic E-state index is 12.2. The number of carbonyl (C=O) groups excluding carboxylic acids is 2. The van der Waals surface area contributed by atoms with Gasteiger partial charge in [-0.25, -0.2) is 9.59 Å². The zero-order chi connectivity index (χ0) is 15.7. The molecule has 0 aromatic heterocycles. The van der Waals surface area contributed by atoms with Gasteiger partial charge < -0.3 is 14.4 Å². The molecule has 0 radical (unpaired) electrons. The van der Waals surface area contributed by atoms with Gasteiger partial charge in [0.1, 0.15) is 0 Å². The average molecular weight is 293 g/mol. The van der Waals surface area contributed by atoms with Gasteiger partial charge in [-0.05, 0) is 25.0 Å². The first-order chi connectivity index (χ1) is 10.1. The molecule has 0 atom stereocenters. The highest BCUT2D eigenvalue weighted by molar-refractivity contribution is 6.02. The van der Waals surface area contributed by atoms with E-state index in [4.69, 9.17) is 9.47 Å². The summed E-state index contributed by atoms with van der Waals surface area (Å²) in [6.45, 7) is 4.38. The van der Waals surface area contributed by atoms with Crippen molar-refractivity contribution >= 4 is 17.6 Å². The van der Waals surface area contributed by atoms with Gasteiger partial charge in [-0.3, -0.25) is 0 Å². The van der Waals surface area contributed by atoms with Gasteiger partial charge >= 0.3 is 11.9 Å². The van der Waals surface area contributed by atoms with Crippen LogP contribution in [0.1, 0.15) is 26.7 Å². The van der Waals surface area contributed by atoms with Crippen LogP contribution in [-0.4, -0.2) is 38.2 Å². The second-order valence-corrected chi connectivity index (χ2v) is 4.68. The van der Waals surface area contributed by atoms with Gasteiger partial charge in [0, 0.05) is 12.7 Å². The summed E-state index contributed by atoms with van der Waals surface area (Å²) >= 11 is 0. The number of carbonyl (C=O) groups is 2. The van der Waals surface area contributed by atoms with E-state index in [1.165, 1.54) is 0 Å². The first-order valence-electron chi connectivity index (χ1n) is 7.23. The minimum absolute atomic E-state index is 0.291. The fourth-order valence-electron chi connectivity index (χ4n) is 1.79. The quantitative estimate of drug-likeness (QED) is 0.544. The normalized spacial score (nSPS) is 10.3. The van der Waals surface area contributed by atoms with Crippen molar-refractivity contribution < 1.29 is 19.1 Å². The molecule has 0 unspecified atom stereocenters. The number of nitrogens with zero attached hydrogens (tertiary/aromatic N) is 1. The van der Waals surface area contributed by atoms with Crippen LogP contribution in [0.15, 0.2) is 30.3 Å². The summed E-state index contributed by atoms with van der Waals surface area (Å²) in [5.74, 6) is -1.16. The number of para-hydroxylation sites is 1. The van der Waals surface area contributed by atoms with Crippen molar-refractivity contribution in [3.05, 3.63) is 30.3 Å². The zero-order valence-electron chi connectivity index (χ0n) is 12.9. The maximum atomic E-state index is 12.2. The Morgan fingerprint density at radius 3 is 1.90 bits per heavy atom. The summed E-state index contributed by atoms with van der Waals surface area (Å²) < 4.78 is 10.2. The van der Waals surface area contributed by atoms with Crippen molar-refractivity contribution in [3.8, 4) is 0 Å². The Hall–Kier alpha value is -2.04. The Bertz CT molecular complexity index is 427. The minimum Gasteiger partial charge on any atom is -0.464 e. The zero-order valence-corrected chi connectivity index (χ0v) is 12.9. The van der Waals surface area contributed by atoms with Crippen LogP contribution in [0.25, 0.3) is 0 Å². The summed E-state index contributed by atoms with van der Waals surface area (Å²) in [6.07, 6.45) is 1.41. The van der Waals surface area contributed by atoms with E-state index < -0.39 is 18.0 Å². The van der Waals surface area contributed by atoms with Crippen LogP contribution in [0, 0.1) is 0 Å². The number of hydrogen-bond donors (Lipinski definition) is 0. The van der Waals surface area contributed by atoms with Gasteiger partial charge in [-0.2, -0.15) is 0 Å². The molecule has 0 aliphatic carbocycles. The number of likely N-dealkylation sites (N-methyl/N-ethyl adjacent to an activating group) is 1. The van der Waals surface area contributed by atoms with Crippen LogP contribution in [-0.2, 0) is 19.1 Å². The molecule has 0 fully saturated rings. The summed E-state index contributed by atoms with van der Waals surface area (Å²) in [6, 6.07) is 8.14. The van der Waals surface area contributed by atoms with E-state index in [0.29, 0.717) is 26.1 Å². The van der Waals surface area contributed by atoms with Gasteiger partial charge in [-0.1, -0.05) is 32.0 Å². The van der Waals surface area contributed by atoms with Crippen LogP contribution in [0.4, 0.5) is 5.69 Å². The lowest BCUT2D eigenvalue weighted by molar-refractivity contribution is -0.157. The summed E-state index contributed by atoms with van der Waals surface area (Å²) in [7, 11) is 1.68. The molecule has 0 heterocycles. The molecule has 0 aliphatic heterocycles. The van der Waals surface area contributed by atoms with E-state index in [9.17, 15) is 9.59 Å². The lowest BCUT2D eigenvalue weighted by Crippen LogP contribution is -2.47. The lowest BCUT2D eigenvalue weighted by Gasteiger charge is -2.26.